The summed E-state index contributed by atoms with van der Waals surface area (Å²) < 4.78 is 24.9. The maximum Gasteiger partial charge on any atom is 0.241 e. The number of halogens is 1. The van der Waals surface area contributed by atoms with Crippen molar-refractivity contribution >= 4 is 33.3 Å². The second-order valence-corrected chi connectivity index (χ2v) is 9.56. The lowest BCUT2D eigenvalue weighted by Gasteiger charge is -2.27. The van der Waals surface area contributed by atoms with Crippen LogP contribution >= 0.6 is 11.6 Å². The van der Waals surface area contributed by atoms with Crippen molar-refractivity contribution in [3.8, 4) is 0 Å². The summed E-state index contributed by atoms with van der Waals surface area (Å²) in [6.45, 7) is 4.01. The van der Waals surface area contributed by atoms with Crippen molar-refractivity contribution < 1.29 is 18.0 Å². The number of amides is 2. The molecule has 0 heterocycles. The fourth-order valence-corrected chi connectivity index (χ4v) is 5.34. The highest BCUT2D eigenvalue weighted by Gasteiger charge is 2.52. The molecule has 1 aliphatic rings. The zero-order valence-electron chi connectivity index (χ0n) is 15.0. The summed E-state index contributed by atoms with van der Waals surface area (Å²) in [4.78, 5) is 24.5. The molecule has 1 aromatic carbocycles. The summed E-state index contributed by atoms with van der Waals surface area (Å²) in [5, 5.41) is 5.83. The summed E-state index contributed by atoms with van der Waals surface area (Å²) >= 11 is 5.84. The van der Waals surface area contributed by atoms with Crippen LogP contribution in [-0.2, 0) is 19.4 Å². The van der Waals surface area contributed by atoms with E-state index in [-0.39, 0.29) is 29.8 Å². The van der Waals surface area contributed by atoms with E-state index >= 15 is 0 Å². The fourth-order valence-electron chi connectivity index (χ4n) is 3.13. The Kier molecular flexibility index (Phi) is 6.69. The summed E-state index contributed by atoms with van der Waals surface area (Å²) in [7, 11) is -3.84. The van der Waals surface area contributed by atoms with Crippen molar-refractivity contribution in [3.05, 3.63) is 29.3 Å². The third-order valence-corrected chi connectivity index (χ3v) is 7.46. The van der Waals surface area contributed by atoms with Gasteiger partial charge in [0, 0.05) is 24.0 Å². The van der Waals surface area contributed by atoms with Crippen LogP contribution in [0.4, 0.5) is 0 Å². The maximum absolute atomic E-state index is 13.2. The molecule has 2 amide bonds. The standard InChI is InChI=1S/C18H25ClN2O4S/c1-13(2)16(22)20-11-12-21-17(23)18(9-3-4-10-18)26(24,25)15-7-5-14(19)6-8-15/h5-8,13H,3-4,9-12H2,1-2H3,(H,20,22)(H,21,23). The van der Waals surface area contributed by atoms with Gasteiger partial charge in [0.15, 0.2) is 14.6 Å². The van der Waals surface area contributed by atoms with Gasteiger partial charge in [-0.2, -0.15) is 0 Å². The lowest BCUT2D eigenvalue weighted by Crippen LogP contribution is -2.52. The van der Waals surface area contributed by atoms with Gasteiger partial charge in [-0.1, -0.05) is 38.3 Å². The quantitative estimate of drug-likeness (QED) is 0.687. The summed E-state index contributed by atoms with van der Waals surface area (Å²) in [5.41, 5.74) is 0. The minimum absolute atomic E-state index is 0.104. The third kappa shape index (κ3) is 4.20. The van der Waals surface area contributed by atoms with Crippen molar-refractivity contribution in [1.29, 1.82) is 0 Å². The Balaban J connectivity index is 2.12. The maximum atomic E-state index is 13.2. The van der Waals surface area contributed by atoms with E-state index in [9.17, 15) is 18.0 Å². The Morgan fingerprint density at radius 3 is 2.15 bits per heavy atom. The van der Waals surface area contributed by atoms with E-state index in [2.05, 4.69) is 10.6 Å². The Morgan fingerprint density at radius 1 is 1.08 bits per heavy atom. The molecular formula is C18H25ClN2O4S. The van der Waals surface area contributed by atoms with Crippen LogP contribution in [-0.4, -0.2) is 38.1 Å². The highest BCUT2D eigenvalue weighted by atomic mass is 35.5. The molecular weight excluding hydrogens is 376 g/mol. The Bertz CT molecular complexity index is 754. The molecule has 0 spiro atoms. The second kappa shape index (κ2) is 8.39. The van der Waals surface area contributed by atoms with Crippen molar-refractivity contribution in [2.75, 3.05) is 13.1 Å². The van der Waals surface area contributed by atoms with E-state index in [1.807, 2.05) is 0 Å². The van der Waals surface area contributed by atoms with Crippen LogP contribution in [0.1, 0.15) is 39.5 Å². The fraction of sp³-hybridized carbons (Fsp3) is 0.556. The molecule has 0 aliphatic heterocycles. The molecule has 2 N–H and O–H groups in total. The lowest BCUT2D eigenvalue weighted by molar-refractivity contribution is -0.125. The SMILES string of the molecule is CC(C)C(=O)NCCNC(=O)C1(S(=O)(=O)c2ccc(Cl)cc2)CCCC1. The van der Waals surface area contributed by atoms with E-state index in [0.717, 1.165) is 0 Å². The number of hydrogen-bond donors (Lipinski definition) is 2. The molecule has 144 valence electrons. The number of carbonyl (C=O) groups is 2. The van der Waals surface area contributed by atoms with Gasteiger partial charge in [-0.15, -0.1) is 0 Å². The molecule has 1 aliphatic carbocycles. The smallest absolute Gasteiger partial charge is 0.241 e. The van der Waals surface area contributed by atoms with Crippen molar-refractivity contribution in [2.45, 2.75) is 49.2 Å². The largest absolute Gasteiger partial charge is 0.354 e. The van der Waals surface area contributed by atoms with Crippen LogP contribution in [0, 0.1) is 5.92 Å². The van der Waals surface area contributed by atoms with Crippen molar-refractivity contribution in [2.24, 2.45) is 5.92 Å². The average molecular weight is 401 g/mol. The zero-order chi connectivity index (χ0) is 19.4. The first-order valence-electron chi connectivity index (χ1n) is 8.77. The molecule has 0 unspecified atom stereocenters. The Morgan fingerprint density at radius 2 is 1.62 bits per heavy atom. The van der Waals surface area contributed by atoms with E-state index in [1.54, 1.807) is 13.8 Å². The molecule has 1 saturated carbocycles. The molecule has 2 rings (SSSR count). The monoisotopic (exact) mass is 400 g/mol. The third-order valence-electron chi connectivity index (χ3n) is 4.70. The summed E-state index contributed by atoms with van der Waals surface area (Å²) in [5.74, 6) is -0.746. The molecule has 0 radical (unpaired) electrons. The zero-order valence-corrected chi connectivity index (χ0v) is 16.6. The Hall–Kier alpha value is -1.60. The first-order chi connectivity index (χ1) is 12.2. The van der Waals surface area contributed by atoms with E-state index in [0.29, 0.717) is 30.7 Å². The number of benzene rings is 1. The van der Waals surface area contributed by atoms with Gasteiger partial charge in [0.2, 0.25) is 11.8 Å². The van der Waals surface area contributed by atoms with Crippen molar-refractivity contribution in [1.82, 2.24) is 10.6 Å². The predicted molar refractivity (Wildman–Crippen MR) is 101 cm³/mol. The van der Waals surface area contributed by atoms with Gasteiger partial charge in [-0.25, -0.2) is 8.42 Å². The summed E-state index contributed by atoms with van der Waals surface area (Å²) in [6.07, 6.45) is 1.96. The minimum atomic E-state index is -3.84. The van der Waals surface area contributed by atoms with E-state index in [4.69, 9.17) is 11.6 Å². The van der Waals surface area contributed by atoms with Crippen LogP contribution in [0.25, 0.3) is 0 Å². The molecule has 1 fully saturated rings. The van der Waals surface area contributed by atoms with Crippen LogP contribution in [0.15, 0.2) is 29.2 Å². The van der Waals surface area contributed by atoms with Gasteiger partial charge in [-0.3, -0.25) is 9.59 Å². The molecule has 0 atom stereocenters. The van der Waals surface area contributed by atoms with Crippen LogP contribution in [0.5, 0.6) is 0 Å². The molecule has 6 nitrogen and oxygen atoms in total. The van der Waals surface area contributed by atoms with E-state index < -0.39 is 20.5 Å². The van der Waals surface area contributed by atoms with Gasteiger partial charge in [0.25, 0.3) is 0 Å². The molecule has 8 heteroatoms. The number of hydrogen-bond acceptors (Lipinski definition) is 4. The van der Waals surface area contributed by atoms with Crippen LogP contribution in [0.3, 0.4) is 0 Å². The van der Waals surface area contributed by atoms with Crippen LogP contribution < -0.4 is 10.6 Å². The summed E-state index contributed by atoms with van der Waals surface area (Å²) in [6, 6.07) is 5.90. The van der Waals surface area contributed by atoms with Gasteiger partial charge in [-0.05, 0) is 37.1 Å². The normalized spacial score (nSPS) is 16.5. The highest BCUT2D eigenvalue weighted by Crippen LogP contribution is 2.40. The lowest BCUT2D eigenvalue weighted by atomic mass is 10.1. The second-order valence-electron chi connectivity index (χ2n) is 6.86. The molecule has 1 aromatic rings. The first kappa shape index (κ1) is 20.7. The van der Waals surface area contributed by atoms with E-state index in [1.165, 1.54) is 24.3 Å². The molecule has 0 bridgehead atoms. The number of rotatable bonds is 7. The first-order valence-corrected chi connectivity index (χ1v) is 10.6. The predicted octanol–water partition coefficient (Wildman–Crippen LogP) is 2.31. The molecule has 0 aromatic heterocycles. The minimum Gasteiger partial charge on any atom is -0.354 e. The van der Waals surface area contributed by atoms with Gasteiger partial charge in [0.1, 0.15) is 0 Å². The number of sulfone groups is 1. The topological polar surface area (TPSA) is 92.3 Å². The number of nitrogens with one attached hydrogen (secondary N) is 2. The highest BCUT2D eigenvalue weighted by molar-refractivity contribution is 7.93. The van der Waals surface area contributed by atoms with Gasteiger partial charge < -0.3 is 10.6 Å². The van der Waals surface area contributed by atoms with Gasteiger partial charge in [0.05, 0.1) is 4.90 Å². The molecule has 26 heavy (non-hydrogen) atoms. The van der Waals surface area contributed by atoms with Crippen LogP contribution in [0.2, 0.25) is 5.02 Å². The Labute approximate surface area is 159 Å². The average Bonchev–Trinajstić information content (AvgIpc) is 3.10. The number of carbonyl (C=O) groups excluding carboxylic acids is 2. The molecule has 0 saturated heterocycles. The van der Waals surface area contributed by atoms with Gasteiger partial charge >= 0.3 is 0 Å². The van der Waals surface area contributed by atoms with Crippen molar-refractivity contribution in [3.63, 3.8) is 0 Å².